The molecule has 0 aromatic carbocycles. The van der Waals surface area contributed by atoms with Gasteiger partial charge in [-0.15, -0.1) is 0 Å². The van der Waals surface area contributed by atoms with Gasteiger partial charge in [0.15, 0.2) is 0 Å². The van der Waals surface area contributed by atoms with Crippen molar-refractivity contribution in [1.29, 1.82) is 0 Å². The van der Waals surface area contributed by atoms with Gasteiger partial charge in [0.05, 0.1) is 13.0 Å². The van der Waals surface area contributed by atoms with Gasteiger partial charge in [-0.25, -0.2) is 0 Å². The Morgan fingerprint density at radius 3 is 2.08 bits per heavy atom. The minimum Gasteiger partial charge on any atom is -0.469 e. The summed E-state index contributed by atoms with van der Waals surface area (Å²) >= 11 is 0. The fraction of sp³-hybridized carbons (Fsp3) is 0.909. The van der Waals surface area contributed by atoms with Crippen molar-refractivity contribution in [2.75, 3.05) is 7.11 Å². The van der Waals surface area contributed by atoms with Crippen LogP contribution in [0.4, 0.5) is 0 Å². The summed E-state index contributed by atoms with van der Waals surface area (Å²) in [7, 11) is 1.45. The van der Waals surface area contributed by atoms with E-state index in [-0.39, 0.29) is 17.3 Å². The van der Waals surface area contributed by atoms with Gasteiger partial charge < -0.3 is 4.74 Å². The van der Waals surface area contributed by atoms with E-state index in [2.05, 4.69) is 27.7 Å². The van der Waals surface area contributed by atoms with Gasteiger partial charge in [-0.1, -0.05) is 34.6 Å². The highest BCUT2D eigenvalue weighted by Gasteiger charge is 2.25. The van der Waals surface area contributed by atoms with Gasteiger partial charge in [0.25, 0.3) is 0 Å². The molecular weight excluding hydrogens is 164 g/mol. The van der Waals surface area contributed by atoms with Crippen molar-refractivity contribution < 1.29 is 9.53 Å². The molecule has 0 spiro atoms. The first-order chi connectivity index (χ1) is 5.78. The molecular formula is C11H22O2. The number of methoxy groups -OCH3 is 1. The Balaban J connectivity index is 4.11. The first-order valence-electron chi connectivity index (χ1n) is 4.86. The zero-order chi connectivity index (χ0) is 10.6. The molecule has 2 nitrogen and oxygen atoms in total. The first-order valence-corrected chi connectivity index (χ1v) is 4.86. The molecule has 78 valence electrons. The second-order valence-corrected chi connectivity index (χ2v) is 5.05. The molecule has 0 aliphatic heterocycles. The van der Waals surface area contributed by atoms with E-state index in [1.165, 1.54) is 7.11 Å². The minimum atomic E-state index is -0.100. The van der Waals surface area contributed by atoms with E-state index in [9.17, 15) is 4.79 Å². The average Bonchev–Trinajstić information content (AvgIpc) is 1.98. The molecule has 0 aliphatic carbocycles. The first kappa shape index (κ1) is 12.5. The van der Waals surface area contributed by atoms with Gasteiger partial charge in [-0.2, -0.15) is 0 Å². The van der Waals surface area contributed by atoms with Gasteiger partial charge in [-0.05, 0) is 17.8 Å². The number of carbonyl (C=O) groups is 1. The van der Waals surface area contributed by atoms with E-state index in [4.69, 9.17) is 4.74 Å². The largest absolute Gasteiger partial charge is 0.469 e. The fourth-order valence-electron chi connectivity index (χ4n) is 1.56. The van der Waals surface area contributed by atoms with Crippen molar-refractivity contribution >= 4 is 5.97 Å². The lowest BCUT2D eigenvalue weighted by Crippen LogP contribution is -2.24. The van der Waals surface area contributed by atoms with E-state index >= 15 is 0 Å². The Labute approximate surface area is 81.7 Å². The minimum absolute atomic E-state index is 0.00391. The van der Waals surface area contributed by atoms with Gasteiger partial charge >= 0.3 is 5.97 Å². The predicted octanol–water partition coefficient (Wildman–Crippen LogP) is 2.87. The lowest BCUT2D eigenvalue weighted by Gasteiger charge is -2.26. The van der Waals surface area contributed by atoms with Crippen molar-refractivity contribution in [3.8, 4) is 0 Å². The molecule has 13 heavy (non-hydrogen) atoms. The molecule has 0 fully saturated rings. The van der Waals surface area contributed by atoms with Crippen molar-refractivity contribution in [1.82, 2.24) is 0 Å². The van der Waals surface area contributed by atoms with Crippen LogP contribution in [0, 0.1) is 17.3 Å². The van der Waals surface area contributed by atoms with E-state index in [1.54, 1.807) is 0 Å². The number of ether oxygens (including phenoxy) is 1. The smallest absolute Gasteiger partial charge is 0.308 e. The quantitative estimate of drug-likeness (QED) is 0.633. The molecule has 0 saturated carbocycles. The van der Waals surface area contributed by atoms with Crippen molar-refractivity contribution in [2.45, 2.75) is 41.0 Å². The lowest BCUT2D eigenvalue weighted by molar-refractivity contribution is -0.146. The van der Waals surface area contributed by atoms with E-state index in [0.717, 1.165) is 6.42 Å². The monoisotopic (exact) mass is 186 g/mol. The lowest BCUT2D eigenvalue weighted by atomic mass is 9.80. The Morgan fingerprint density at radius 1 is 1.31 bits per heavy atom. The summed E-state index contributed by atoms with van der Waals surface area (Å²) in [5, 5.41) is 0. The SMILES string of the molecule is COC(=O)C(C)C(C)CC(C)(C)C. The number of hydrogen-bond donors (Lipinski definition) is 0. The van der Waals surface area contributed by atoms with Crippen LogP contribution in [0.25, 0.3) is 0 Å². The van der Waals surface area contributed by atoms with E-state index in [0.29, 0.717) is 5.92 Å². The summed E-state index contributed by atoms with van der Waals surface area (Å²) in [6, 6.07) is 0. The summed E-state index contributed by atoms with van der Waals surface area (Å²) in [4.78, 5) is 11.2. The Kier molecular flexibility index (Phi) is 4.45. The molecule has 0 N–H and O–H groups in total. The third-order valence-electron chi connectivity index (χ3n) is 2.36. The maximum atomic E-state index is 11.2. The van der Waals surface area contributed by atoms with Crippen LogP contribution in [0.5, 0.6) is 0 Å². The fourth-order valence-corrected chi connectivity index (χ4v) is 1.56. The van der Waals surface area contributed by atoms with Gasteiger partial charge in [0.2, 0.25) is 0 Å². The normalized spacial score (nSPS) is 16.5. The zero-order valence-corrected chi connectivity index (χ0v) is 9.68. The van der Waals surface area contributed by atoms with E-state index < -0.39 is 0 Å². The van der Waals surface area contributed by atoms with Crippen LogP contribution in [0.3, 0.4) is 0 Å². The summed E-state index contributed by atoms with van der Waals surface area (Å²) in [5.41, 5.74) is 0.279. The second kappa shape index (κ2) is 4.64. The summed E-state index contributed by atoms with van der Waals surface area (Å²) in [6.45, 7) is 10.6. The molecule has 0 aromatic heterocycles. The van der Waals surface area contributed by atoms with Crippen LogP contribution in [0.15, 0.2) is 0 Å². The molecule has 0 heterocycles. The molecule has 0 saturated heterocycles. The van der Waals surface area contributed by atoms with Crippen LogP contribution in [-0.4, -0.2) is 13.1 Å². The van der Waals surface area contributed by atoms with Crippen LogP contribution in [0.2, 0.25) is 0 Å². The highest BCUT2D eigenvalue weighted by Crippen LogP contribution is 2.28. The summed E-state index contributed by atoms with van der Waals surface area (Å²) in [6.07, 6.45) is 1.04. The third-order valence-corrected chi connectivity index (χ3v) is 2.36. The molecule has 0 bridgehead atoms. The zero-order valence-electron chi connectivity index (χ0n) is 9.68. The number of carbonyl (C=O) groups excluding carboxylic acids is 1. The summed E-state index contributed by atoms with van der Waals surface area (Å²) < 4.78 is 4.71. The predicted molar refractivity (Wildman–Crippen MR) is 54.4 cm³/mol. The molecule has 2 atom stereocenters. The second-order valence-electron chi connectivity index (χ2n) is 5.05. The van der Waals surface area contributed by atoms with Gasteiger partial charge in [-0.3, -0.25) is 4.79 Å². The third kappa shape index (κ3) is 4.91. The molecule has 2 unspecified atom stereocenters. The van der Waals surface area contributed by atoms with Gasteiger partial charge in [0, 0.05) is 0 Å². The van der Waals surface area contributed by atoms with Crippen LogP contribution < -0.4 is 0 Å². The van der Waals surface area contributed by atoms with Crippen LogP contribution in [-0.2, 0) is 9.53 Å². The molecule has 0 amide bonds. The van der Waals surface area contributed by atoms with Crippen LogP contribution >= 0.6 is 0 Å². The van der Waals surface area contributed by atoms with E-state index in [1.807, 2.05) is 6.92 Å². The number of rotatable bonds is 3. The number of esters is 1. The maximum absolute atomic E-state index is 11.2. The topological polar surface area (TPSA) is 26.3 Å². The van der Waals surface area contributed by atoms with Crippen LogP contribution in [0.1, 0.15) is 41.0 Å². The Bertz CT molecular complexity index is 167. The molecule has 0 radical (unpaired) electrons. The molecule has 0 aromatic rings. The van der Waals surface area contributed by atoms with Crippen molar-refractivity contribution in [3.05, 3.63) is 0 Å². The molecule has 2 heteroatoms. The highest BCUT2D eigenvalue weighted by molar-refractivity contribution is 5.72. The summed E-state index contributed by atoms with van der Waals surface area (Å²) in [5.74, 6) is 0.286. The average molecular weight is 186 g/mol. The Hall–Kier alpha value is -0.530. The molecule has 0 rings (SSSR count). The highest BCUT2D eigenvalue weighted by atomic mass is 16.5. The molecule has 0 aliphatic rings. The standard InChI is InChI=1S/C11H22O2/c1-8(7-11(3,4)5)9(2)10(12)13-6/h8-9H,7H2,1-6H3. The van der Waals surface area contributed by atoms with Crippen molar-refractivity contribution in [3.63, 3.8) is 0 Å². The van der Waals surface area contributed by atoms with Gasteiger partial charge in [0.1, 0.15) is 0 Å². The van der Waals surface area contributed by atoms with Crippen molar-refractivity contribution in [2.24, 2.45) is 17.3 Å². The maximum Gasteiger partial charge on any atom is 0.308 e. The number of hydrogen-bond acceptors (Lipinski definition) is 2. The Morgan fingerprint density at radius 2 is 1.77 bits per heavy atom.